The Morgan fingerprint density at radius 3 is 2.28 bits per heavy atom. The van der Waals surface area contributed by atoms with Crippen LogP contribution in [0.5, 0.6) is 5.75 Å². The van der Waals surface area contributed by atoms with Crippen molar-refractivity contribution in [3.63, 3.8) is 0 Å². The molecule has 0 radical (unpaired) electrons. The van der Waals surface area contributed by atoms with Crippen LogP contribution in [0.2, 0.25) is 0 Å². The van der Waals surface area contributed by atoms with Crippen LogP contribution in [-0.2, 0) is 12.8 Å². The van der Waals surface area contributed by atoms with Crippen molar-refractivity contribution in [1.82, 2.24) is 9.13 Å². The molecule has 5 aromatic carbocycles. The van der Waals surface area contributed by atoms with E-state index in [0.717, 1.165) is 48.2 Å². The summed E-state index contributed by atoms with van der Waals surface area (Å²) in [6.45, 7) is 2.10. The second-order valence-corrected chi connectivity index (χ2v) is 16.9. The fraction of sp³-hybridized carbons (Fsp3) is 0.132. The summed E-state index contributed by atoms with van der Waals surface area (Å²) in [4.78, 5) is 0. The zero-order valence-corrected chi connectivity index (χ0v) is 34.2. The Morgan fingerprint density at radius 1 is 0.707 bits per heavy atom. The number of halogens is 1. The normalized spacial score (nSPS) is 18.0. The summed E-state index contributed by atoms with van der Waals surface area (Å²) in [5, 5.41) is 3.74. The van der Waals surface area contributed by atoms with Gasteiger partial charge in [-0.25, -0.2) is 0 Å². The fourth-order valence-electron chi connectivity index (χ4n) is 9.95. The first-order valence-corrected chi connectivity index (χ1v) is 21.5. The lowest BCUT2D eigenvalue weighted by atomic mass is 9.88. The maximum Gasteiger partial charge on any atom is 0.134 e. The highest BCUT2D eigenvalue weighted by molar-refractivity contribution is 14.1. The van der Waals surface area contributed by atoms with Gasteiger partial charge in [-0.1, -0.05) is 91.0 Å². The molecule has 0 bridgehead atoms. The summed E-state index contributed by atoms with van der Waals surface area (Å²) in [5.41, 5.74) is 17.2. The van der Waals surface area contributed by atoms with Gasteiger partial charge in [-0.15, -0.1) is 0 Å². The van der Waals surface area contributed by atoms with E-state index in [1.807, 2.05) is 0 Å². The summed E-state index contributed by atoms with van der Waals surface area (Å²) in [7, 11) is 0. The number of nitrogens with zero attached hydrogens (tertiary/aromatic N) is 2. The first-order chi connectivity index (χ1) is 28.6. The SMILES string of the molecule is C/C=C\c1c2c(n(C3=CC4c5cc(-c6cccc(-c7ccc8oc9c(c8c7)C=C(n7c8ccccc8c8ccccc87)CC9)c6)ccc5OC4C=C3)c1I)CCC=C2. The molecule has 2 unspecified atom stereocenters. The number of ether oxygens (including phenoxy) is 1. The topological polar surface area (TPSA) is 32.2 Å². The van der Waals surface area contributed by atoms with Crippen molar-refractivity contribution in [2.75, 3.05) is 0 Å². The summed E-state index contributed by atoms with van der Waals surface area (Å²) in [6.07, 6.45) is 22.2. The molecule has 3 aliphatic carbocycles. The number of hydrogen-bond acceptors (Lipinski definition) is 2. The van der Waals surface area contributed by atoms with Crippen molar-refractivity contribution < 1.29 is 9.15 Å². The molecule has 0 N–H and O–H groups in total. The van der Waals surface area contributed by atoms with Gasteiger partial charge in [0, 0.05) is 67.8 Å². The van der Waals surface area contributed by atoms with E-state index in [1.54, 1.807) is 0 Å². The minimum Gasteiger partial charge on any atom is -0.485 e. The van der Waals surface area contributed by atoms with Crippen molar-refractivity contribution in [1.29, 1.82) is 0 Å². The molecule has 1 aliphatic heterocycles. The van der Waals surface area contributed by atoms with Crippen LogP contribution in [0, 0.1) is 3.70 Å². The molecule has 8 aromatic rings. The highest BCUT2D eigenvalue weighted by Crippen LogP contribution is 2.46. The number of rotatable bonds is 5. The number of furan rings is 1. The number of benzene rings is 5. The predicted octanol–water partition coefficient (Wildman–Crippen LogP) is 14.2. The molecule has 0 spiro atoms. The summed E-state index contributed by atoms with van der Waals surface area (Å²) >= 11 is 2.53. The fourth-order valence-corrected chi connectivity index (χ4v) is 11.0. The standard InChI is InChI=1S/C53H39IN2O2/c1-2-10-41-40-15-5-8-18-48(40)56(53(41)54)37-22-26-52-45(31-37)43-29-35(20-24-50(43)58-52)33-12-9-11-32(27-33)34-19-23-49-42(28-34)44-30-36(21-25-51(44)57-49)55-46-16-6-3-13-38(46)39-14-4-7-17-47(39)55/h2-7,9-17,19-20,22-24,26-31,45,52H,8,18,21,25H2,1H3/b10-2-. The van der Waals surface area contributed by atoms with Crippen LogP contribution >= 0.6 is 22.6 Å². The second kappa shape index (κ2) is 13.2. The lowest BCUT2D eigenvalue weighted by Crippen LogP contribution is -2.19. The van der Waals surface area contributed by atoms with E-state index < -0.39 is 0 Å². The molecule has 2 atom stereocenters. The van der Waals surface area contributed by atoms with Gasteiger partial charge in [0.2, 0.25) is 0 Å². The molecule has 3 aromatic heterocycles. The lowest BCUT2D eigenvalue weighted by molar-refractivity contribution is 0.269. The van der Waals surface area contributed by atoms with Crippen molar-refractivity contribution in [3.8, 4) is 28.0 Å². The van der Waals surface area contributed by atoms with Crippen LogP contribution in [0.4, 0.5) is 0 Å². The maximum atomic E-state index is 6.54. The van der Waals surface area contributed by atoms with Gasteiger partial charge < -0.3 is 18.3 Å². The smallest absolute Gasteiger partial charge is 0.134 e. The number of hydrogen-bond donors (Lipinski definition) is 0. The Hall–Kier alpha value is -6.05. The number of aromatic nitrogens is 2. The third-order valence-corrected chi connectivity index (χ3v) is 13.7. The van der Waals surface area contributed by atoms with Gasteiger partial charge in [0.1, 0.15) is 23.2 Å². The third-order valence-electron chi connectivity index (χ3n) is 12.6. The van der Waals surface area contributed by atoms with E-state index in [2.05, 4.69) is 196 Å². The van der Waals surface area contributed by atoms with Crippen molar-refractivity contribution in [3.05, 3.63) is 177 Å². The molecule has 4 heterocycles. The Bertz CT molecular complexity index is 3140. The minimum atomic E-state index is -0.00331. The van der Waals surface area contributed by atoms with Crippen LogP contribution < -0.4 is 4.74 Å². The van der Waals surface area contributed by atoms with E-state index in [-0.39, 0.29) is 12.0 Å². The van der Waals surface area contributed by atoms with Crippen LogP contribution in [0.1, 0.15) is 59.4 Å². The monoisotopic (exact) mass is 862 g/mol. The van der Waals surface area contributed by atoms with Crippen LogP contribution in [-0.4, -0.2) is 15.2 Å². The maximum absolute atomic E-state index is 6.54. The van der Waals surface area contributed by atoms with Gasteiger partial charge in [-0.3, -0.25) is 0 Å². The average molecular weight is 863 g/mol. The lowest BCUT2D eigenvalue weighted by Gasteiger charge is -2.22. The van der Waals surface area contributed by atoms with Gasteiger partial charge in [-0.2, -0.15) is 0 Å². The summed E-state index contributed by atoms with van der Waals surface area (Å²) < 4.78 is 19.2. The number of allylic oxidation sites excluding steroid dienone is 5. The van der Waals surface area contributed by atoms with Crippen molar-refractivity contribution in [2.45, 2.75) is 44.6 Å². The van der Waals surface area contributed by atoms with Crippen molar-refractivity contribution in [2.24, 2.45) is 0 Å². The molecule has 0 fully saturated rings. The van der Waals surface area contributed by atoms with E-state index in [4.69, 9.17) is 9.15 Å². The van der Waals surface area contributed by atoms with Crippen LogP contribution in [0.15, 0.2) is 144 Å². The summed E-state index contributed by atoms with van der Waals surface area (Å²) in [6, 6.07) is 39.9. The van der Waals surface area contributed by atoms with Crippen LogP contribution in [0.25, 0.3) is 84.7 Å². The van der Waals surface area contributed by atoms with Gasteiger partial charge in [0.05, 0.1) is 14.7 Å². The Balaban J connectivity index is 0.895. The minimum absolute atomic E-state index is 0.00331. The molecule has 0 saturated heterocycles. The first-order valence-electron chi connectivity index (χ1n) is 20.4. The van der Waals surface area contributed by atoms with Crippen LogP contribution in [0.3, 0.4) is 0 Å². The molecule has 58 heavy (non-hydrogen) atoms. The van der Waals surface area contributed by atoms with E-state index in [0.29, 0.717) is 0 Å². The third kappa shape index (κ3) is 5.18. The summed E-state index contributed by atoms with van der Waals surface area (Å²) in [5.74, 6) is 2.19. The van der Waals surface area contributed by atoms with Gasteiger partial charge in [0.25, 0.3) is 0 Å². The highest BCUT2D eigenvalue weighted by Gasteiger charge is 2.35. The molecule has 12 rings (SSSR count). The molecule has 4 aliphatic rings. The second-order valence-electron chi connectivity index (χ2n) is 15.9. The molecule has 0 saturated carbocycles. The van der Waals surface area contributed by atoms with Gasteiger partial charge in [-0.05, 0) is 138 Å². The number of para-hydroxylation sites is 2. The zero-order chi connectivity index (χ0) is 38.5. The molecular weight excluding hydrogens is 823 g/mol. The first kappa shape index (κ1) is 34.0. The molecule has 5 heteroatoms. The van der Waals surface area contributed by atoms with E-state index >= 15 is 0 Å². The van der Waals surface area contributed by atoms with Crippen molar-refractivity contribution >= 4 is 85.0 Å². The Kier molecular flexibility index (Phi) is 7.77. The Labute approximate surface area is 350 Å². The molecule has 4 nitrogen and oxygen atoms in total. The van der Waals surface area contributed by atoms with E-state index in [1.165, 1.54) is 87.1 Å². The predicted molar refractivity (Wildman–Crippen MR) is 249 cm³/mol. The number of aryl methyl sites for hydroxylation is 1. The van der Waals surface area contributed by atoms with Gasteiger partial charge in [0.15, 0.2) is 0 Å². The zero-order valence-electron chi connectivity index (χ0n) is 32.1. The number of fused-ring (bicyclic) bond motifs is 10. The average Bonchev–Trinajstić information content (AvgIpc) is 4.00. The largest absolute Gasteiger partial charge is 0.485 e. The molecular formula is C53H39IN2O2. The van der Waals surface area contributed by atoms with Gasteiger partial charge >= 0.3 is 0 Å². The molecule has 280 valence electrons. The highest BCUT2D eigenvalue weighted by atomic mass is 127. The molecule has 0 amide bonds. The quantitative estimate of drug-likeness (QED) is 0.162. The Morgan fingerprint density at radius 2 is 1.47 bits per heavy atom. The van der Waals surface area contributed by atoms with E-state index in [9.17, 15) is 0 Å².